The van der Waals surface area contributed by atoms with E-state index in [1.54, 1.807) is 0 Å². The van der Waals surface area contributed by atoms with E-state index >= 15 is 0 Å². The predicted octanol–water partition coefficient (Wildman–Crippen LogP) is 3.32. The van der Waals surface area contributed by atoms with Gasteiger partial charge in [-0.25, -0.2) is 0 Å². The molecule has 14 heavy (non-hydrogen) atoms. The number of hydrogen-bond donors (Lipinski definition) is 0. The molecule has 1 atom stereocenters. The highest BCUT2D eigenvalue weighted by atomic mass is 16.5. The van der Waals surface area contributed by atoms with Gasteiger partial charge in [-0.1, -0.05) is 31.9 Å². The molecule has 0 aliphatic heterocycles. The zero-order chi connectivity index (χ0) is 10.8. The van der Waals surface area contributed by atoms with Crippen molar-refractivity contribution < 1.29 is 9.53 Å². The standard InChI is InChI=1S/C12H22O2/c1-4-6-7-8-9-10-11(3)12(13)14-5-2/h9-11H,4-8H2,1-3H3. The summed E-state index contributed by atoms with van der Waals surface area (Å²) in [6, 6.07) is 0. The molecule has 0 heterocycles. The summed E-state index contributed by atoms with van der Waals surface area (Å²) in [7, 11) is 0. The average Bonchev–Trinajstić information content (AvgIpc) is 2.17. The van der Waals surface area contributed by atoms with E-state index in [4.69, 9.17) is 4.74 Å². The minimum Gasteiger partial charge on any atom is -0.466 e. The summed E-state index contributed by atoms with van der Waals surface area (Å²) in [4.78, 5) is 11.2. The van der Waals surface area contributed by atoms with Crippen LogP contribution in [0.2, 0.25) is 0 Å². The molecule has 0 aliphatic carbocycles. The van der Waals surface area contributed by atoms with Crippen LogP contribution in [0.15, 0.2) is 12.2 Å². The Morgan fingerprint density at radius 3 is 2.64 bits per heavy atom. The lowest BCUT2D eigenvalue weighted by Crippen LogP contribution is -2.12. The largest absolute Gasteiger partial charge is 0.466 e. The first-order valence-electron chi connectivity index (χ1n) is 5.55. The van der Waals surface area contributed by atoms with Gasteiger partial charge in [0.15, 0.2) is 0 Å². The Morgan fingerprint density at radius 2 is 2.07 bits per heavy atom. The van der Waals surface area contributed by atoms with Gasteiger partial charge >= 0.3 is 5.97 Å². The summed E-state index contributed by atoms with van der Waals surface area (Å²) in [6.07, 6.45) is 8.80. The van der Waals surface area contributed by atoms with Gasteiger partial charge in [0.05, 0.1) is 12.5 Å². The second kappa shape index (κ2) is 8.79. The molecule has 0 bridgehead atoms. The lowest BCUT2D eigenvalue weighted by molar-refractivity contribution is -0.145. The van der Waals surface area contributed by atoms with Gasteiger partial charge in [-0.05, 0) is 26.7 Å². The van der Waals surface area contributed by atoms with Crippen LogP contribution in [0.25, 0.3) is 0 Å². The first kappa shape index (κ1) is 13.2. The molecule has 0 fully saturated rings. The van der Waals surface area contributed by atoms with Crippen molar-refractivity contribution in [3.63, 3.8) is 0 Å². The number of ether oxygens (including phenoxy) is 1. The van der Waals surface area contributed by atoms with E-state index in [9.17, 15) is 4.79 Å². The molecule has 0 amide bonds. The fraction of sp³-hybridized carbons (Fsp3) is 0.750. The molecule has 0 radical (unpaired) electrons. The number of esters is 1. The second-order valence-corrected chi connectivity index (χ2v) is 3.46. The topological polar surface area (TPSA) is 26.3 Å². The number of allylic oxidation sites excluding steroid dienone is 1. The van der Waals surface area contributed by atoms with Crippen molar-refractivity contribution >= 4 is 5.97 Å². The zero-order valence-electron chi connectivity index (χ0n) is 9.58. The number of carbonyl (C=O) groups excluding carboxylic acids is 1. The molecule has 2 heteroatoms. The molecule has 82 valence electrons. The number of carbonyl (C=O) groups is 1. The van der Waals surface area contributed by atoms with Crippen LogP contribution in [0.3, 0.4) is 0 Å². The quantitative estimate of drug-likeness (QED) is 0.356. The maximum Gasteiger partial charge on any atom is 0.312 e. The molecule has 0 rings (SSSR count). The molecule has 0 aromatic heterocycles. The summed E-state index contributed by atoms with van der Waals surface area (Å²) >= 11 is 0. The number of hydrogen-bond acceptors (Lipinski definition) is 2. The fourth-order valence-electron chi connectivity index (χ4n) is 1.16. The molecule has 0 N–H and O–H groups in total. The van der Waals surface area contributed by atoms with Crippen LogP contribution >= 0.6 is 0 Å². The van der Waals surface area contributed by atoms with Crippen molar-refractivity contribution in [1.29, 1.82) is 0 Å². The van der Waals surface area contributed by atoms with Crippen LogP contribution in [0.1, 0.15) is 46.5 Å². The van der Waals surface area contributed by atoms with Gasteiger partial charge in [0.2, 0.25) is 0 Å². The van der Waals surface area contributed by atoms with Crippen LogP contribution in [-0.4, -0.2) is 12.6 Å². The smallest absolute Gasteiger partial charge is 0.312 e. The first-order chi connectivity index (χ1) is 6.72. The maximum atomic E-state index is 11.2. The third-order valence-corrected chi connectivity index (χ3v) is 2.06. The van der Waals surface area contributed by atoms with Crippen molar-refractivity contribution in [3.8, 4) is 0 Å². The molecule has 0 spiro atoms. The van der Waals surface area contributed by atoms with Crippen molar-refractivity contribution in [3.05, 3.63) is 12.2 Å². The molecule has 0 aromatic rings. The minimum absolute atomic E-state index is 0.100. The number of rotatable bonds is 7. The molecular weight excluding hydrogens is 176 g/mol. The molecule has 1 unspecified atom stereocenters. The van der Waals surface area contributed by atoms with Crippen LogP contribution in [-0.2, 0) is 9.53 Å². The third-order valence-electron chi connectivity index (χ3n) is 2.06. The average molecular weight is 198 g/mol. The van der Waals surface area contributed by atoms with E-state index in [2.05, 4.69) is 13.0 Å². The Hall–Kier alpha value is -0.790. The SMILES string of the molecule is CCCCCC=CC(C)C(=O)OCC. The normalized spacial score (nSPS) is 13.1. The highest BCUT2D eigenvalue weighted by molar-refractivity contribution is 5.73. The van der Waals surface area contributed by atoms with Gasteiger partial charge in [0.25, 0.3) is 0 Å². The summed E-state index contributed by atoms with van der Waals surface area (Å²) < 4.78 is 4.89. The Balaban J connectivity index is 3.59. The maximum absolute atomic E-state index is 11.2. The van der Waals surface area contributed by atoms with Crippen LogP contribution in [0, 0.1) is 5.92 Å². The van der Waals surface area contributed by atoms with Crippen LogP contribution in [0.4, 0.5) is 0 Å². The third kappa shape index (κ3) is 6.70. The lowest BCUT2D eigenvalue weighted by Gasteiger charge is -2.04. The van der Waals surface area contributed by atoms with Crippen LogP contribution in [0.5, 0.6) is 0 Å². The summed E-state index contributed by atoms with van der Waals surface area (Å²) in [5.74, 6) is -0.226. The molecular formula is C12H22O2. The minimum atomic E-state index is -0.126. The van der Waals surface area contributed by atoms with E-state index in [0.29, 0.717) is 6.61 Å². The Bertz CT molecular complexity index is 173. The first-order valence-corrected chi connectivity index (χ1v) is 5.55. The van der Waals surface area contributed by atoms with E-state index in [-0.39, 0.29) is 11.9 Å². The molecule has 0 saturated heterocycles. The molecule has 2 nitrogen and oxygen atoms in total. The molecule has 0 aromatic carbocycles. The van der Waals surface area contributed by atoms with Gasteiger partial charge < -0.3 is 4.74 Å². The van der Waals surface area contributed by atoms with E-state index in [1.165, 1.54) is 19.3 Å². The molecule has 0 saturated carbocycles. The van der Waals surface area contributed by atoms with E-state index in [1.807, 2.05) is 19.9 Å². The Kier molecular flexibility index (Phi) is 8.30. The zero-order valence-corrected chi connectivity index (χ0v) is 9.58. The summed E-state index contributed by atoms with van der Waals surface area (Å²) in [5.41, 5.74) is 0. The summed E-state index contributed by atoms with van der Waals surface area (Å²) in [5, 5.41) is 0. The van der Waals surface area contributed by atoms with E-state index in [0.717, 1.165) is 6.42 Å². The van der Waals surface area contributed by atoms with Gasteiger partial charge in [0, 0.05) is 0 Å². The van der Waals surface area contributed by atoms with Crippen molar-refractivity contribution in [2.75, 3.05) is 6.61 Å². The Morgan fingerprint density at radius 1 is 1.36 bits per heavy atom. The van der Waals surface area contributed by atoms with Gasteiger partial charge in [0.1, 0.15) is 0 Å². The second-order valence-electron chi connectivity index (χ2n) is 3.46. The van der Waals surface area contributed by atoms with Gasteiger partial charge in [-0.3, -0.25) is 4.79 Å². The predicted molar refractivity (Wildman–Crippen MR) is 59.1 cm³/mol. The fourth-order valence-corrected chi connectivity index (χ4v) is 1.16. The molecule has 0 aliphatic rings. The lowest BCUT2D eigenvalue weighted by atomic mass is 10.1. The highest BCUT2D eigenvalue weighted by Crippen LogP contribution is 2.04. The highest BCUT2D eigenvalue weighted by Gasteiger charge is 2.08. The van der Waals surface area contributed by atoms with E-state index < -0.39 is 0 Å². The van der Waals surface area contributed by atoms with Crippen LogP contribution < -0.4 is 0 Å². The van der Waals surface area contributed by atoms with Crippen molar-refractivity contribution in [2.45, 2.75) is 46.5 Å². The van der Waals surface area contributed by atoms with Gasteiger partial charge in [-0.2, -0.15) is 0 Å². The number of unbranched alkanes of at least 4 members (excludes halogenated alkanes) is 3. The Labute approximate surface area is 87.3 Å². The van der Waals surface area contributed by atoms with Gasteiger partial charge in [-0.15, -0.1) is 0 Å². The van der Waals surface area contributed by atoms with Crippen molar-refractivity contribution in [2.24, 2.45) is 5.92 Å². The van der Waals surface area contributed by atoms with Crippen molar-refractivity contribution in [1.82, 2.24) is 0 Å². The monoisotopic (exact) mass is 198 g/mol. The summed E-state index contributed by atoms with van der Waals surface area (Å²) in [6.45, 7) is 6.35.